The van der Waals surface area contributed by atoms with Crippen LogP contribution in [0.25, 0.3) is 0 Å². The van der Waals surface area contributed by atoms with Crippen molar-refractivity contribution in [3.05, 3.63) is 33.7 Å². The van der Waals surface area contributed by atoms with Gasteiger partial charge in [0.1, 0.15) is 12.1 Å². The first kappa shape index (κ1) is 15.3. The molecular formula is C15H20N2O4. The van der Waals surface area contributed by atoms with E-state index in [2.05, 4.69) is 5.32 Å². The Morgan fingerprint density at radius 3 is 2.57 bits per heavy atom. The number of rotatable bonds is 4. The fraction of sp³-hybridized carbons (Fsp3) is 0.533. The third kappa shape index (κ3) is 3.71. The molecule has 0 aromatic carbocycles. The maximum Gasteiger partial charge on any atom is 0.341 e. The van der Waals surface area contributed by atoms with Crippen molar-refractivity contribution in [3.63, 3.8) is 0 Å². The van der Waals surface area contributed by atoms with E-state index in [1.807, 2.05) is 0 Å². The van der Waals surface area contributed by atoms with E-state index in [0.29, 0.717) is 5.69 Å². The molecule has 2 rings (SSSR count). The third-order valence-electron chi connectivity index (χ3n) is 3.89. The van der Waals surface area contributed by atoms with Crippen LogP contribution in [0.15, 0.2) is 16.9 Å². The van der Waals surface area contributed by atoms with E-state index in [0.717, 1.165) is 25.7 Å². The molecule has 1 heterocycles. The first-order valence-electron chi connectivity index (χ1n) is 7.22. The minimum absolute atomic E-state index is 0.137. The van der Waals surface area contributed by atoms with Crippen LogP contribution in [0.3, 0.4) is 0 Å². The fourth-order valence-corrected chi connectivity index (χ4v) is 2.69. The van der Waals surface area contributed by atoms with E-state index >= 15 is 0 Å². The Bertz CT molecular complexity index is 600. The van der Waals surface area contributed by atoms with E-state index in [1.54, 1.807) is 13.0 Å². The van der Waals surface area contributed by atoms with Gasteiger partial charge in [0, 0.05) is 11.7 Å². The number of nitrogens with zero attached hydrogens (tertiary/aromatic N) is 1. The van der Waals surface area contributed by atoms with Crippen molar-refractivity contribution in [2.75, 3.05) is 0 Å². The number of carboxylic acid groups (broad SMARTS) is 1. The molecule has 1 fully saturated rings. The zero-order valence-electron chi connectivity index (χ0n) is 12.1. The molecule has 0 unspecified atom stereocenters. The highest BCUT2D eigenvalue weighted by Gasteiger charge is 2.18. The van der Waals surface area contributed by atoms with Gasteiger partial charge >= 0.3 is 5.97 Å². The zero-order chi connectivity index (χ0) is 15.4. The molecular weight excluding hydrogens is 272 g/mol. The van der Waals surface area contributed by atoms with Crippen molar-refractivity contribution >= 4 is 11.9 Å². The van der Waals surface area contributed by atoms with Crippen LogP contribution in [0.4, 0.5) is 0 Å². The van der Waals surface area contributed by atoms with E-state index in [9.17, 15) is 14.4 Å². The van der Waals surface area contributed by atoms with Gasteiger partial charge in [0.15, 0.2) is 0 Å². The quantitative estimate of drug-likeness (QED) is 0.875. The number of aryl methyl sites for hydroxylation is 1. The molecule has 21 heavy (non-hydrogen) atoms. The average molecular weight is 292 g/mol. The molecule has 6 nitrogen and oxygen atoms in total. The molecule has 0 atom stereocenters. The minimum Gasteiger partial charge on any atom is -0.477 e. The van der Waals surface area contributed by atoms with Gasteiger partial charge in [0.2, 0.25) is 5.91 Å². The fourth-order valence-electron chi connectivity index (χ4n) is 2.69. The molecule has 1 aromatic heterocycles. The first-order valence-corrected chi connectivity index (χ1v) is 7.22. The van der Waals surface area contributed by atoms with E-state index < -0.39 is 11.5 Å². The summed E-state index contributed by atoms with van der Waals surface area (Å²) in [6.07, 6.45) is 5.35. The van der Waals surface area contributed by atoms with Crippen LogP contribution in [0, 0.1) is 6.92 Å². The summed E-state index contributed by atoms with van der Waals surface area (Å²) in [4.78, 5) is 35.1. The molecule has 2 N–H and O–H groups in total. The van der Waals surface area contributed by atoms with Crippen molar-refractivity contribution in [1.82, 2.24) is 9.88 Å². The normalized spacial score (nSPS) is 15.7. The van der Waals surface area contributed by atoms with Crippen molar-refractivity contribution in [2.24, 2.45) is 0 Å². The van der Waals surface area contributed by atoms with Crippen LogP contribution in [0.2, 0.25) is 0 Å². The molecule has 0 spiro atoms. The Labute approximate surface area is 122 Å². The molecule has 1 aliphatic rings. The second-order valence-electron chi connectivity index (χ2n) is 5.49. The largest absolute Gasteiger partial charge is 0.477 e. The number of amides is 1. The lowest BCUT2D eigenvalue weighted by atomic mass is 9.95. The van der Waals surface area contributed by atoms with Crippen LogP contribution in [-0.4, -0.2) is 27.6 Å². The summed E-state index contributed by atoms with van der Waals surface area (Å²) >= 11 is 0. The molecule has 0 bridgehead atoms. The van der Waals surface area contributed by atoms with Gasteiger partial charge in [0.25, 0.3) is 5.56 Å². The molecule has 0 aliphatic heterocycles. The maximum atomic E-state index is 12.1. The Hall–Kier alpha value is -2.11. The number of nitrogens with one attached hydrogen (secondary N) is 1. The lowest BCUT2D eigenvalue weighted by Gasteiger charge is -2.23. The Kier molecular flexibility index (Phi) is 4.77. The Balaban J connectivity index is 2.11. The van der Waals surface area contributed by atoms with Gasteiger partial charge in [-0.2, -0.15) is 0 Å². The number of hydrogen-bond donors (Lipinski definition) is 2. The highest BCUT2D eigenvalue weighted by molar-refractivity contribution is 5.87. The lowest BCUT2D eigenvalue weighted by molar-refractivity contribution is -0.122. The summed E-state index contributed by atoms with van der Waals surface area (Å²) in [5.74, 6) is -1.52. The third-order valence-corrected chi connectivity index (χ3v) is 3.89. The number of carboxylic acids is 1. The summed E-state index contributed by atoms with van der Waals surface area (Å²) < 4.78 is 1.21. The molecule has 114 valence electrons. The first-order chi connectivity index (χ1) is 9.99. The van der Waals surface area contributed by atoms with Crippen LogP contribution >= 0.6 is 0 Å². The monoisotopic (exact) mass is 292 g/mol. The van der Waals surface area contributed by atoms with Gasteiger partial charge in [-0.05, 0) is 31.9 Å². The second kappa shape index (κ2) is 6.56. The molecule has 1 aromatic rings. The Morgan fingerprint density at radius 2 is 1.95 bits per heavy atom. The number of aromatic carboxylic acids is 1. The van der Waals surface area contributed by atoms with Crippen LogP contribution in [-0.2, 0) is 11.3 Å². The van der Waals surface area contributed by atoms with Gasteiger partial charge < -0.3 is 15.0 Å². The predicted molar refractivity (Wildman–Crippen MR) is 77.4 cm³/mol. The van der Waals surface area contributed by atoms with E-state index in [-0.39, 0.29) is 24.1 Å². The summed E-state index contributed by atoms with van der Waals surface area (Å²) in [5.41, 5.74) is -0.379. The highest BCUT2D eigenvalue weighted by Crippen LogP contribution is 2.17. The summed E-state index contributed by atoms with van der Waals surface area (Å²) in [5, 5.41) is 11.9. The molecule has 1 amide bonds. The lowest BCUT2D eigenvalue weighted by Crippen LogP contribution is -2.40. The highest BCUT2D eigenvalue weighted by atomic mass is 16.4. The van der Waals surface area contributed by atoms with Gasteiger partial charge in [-0.25, -0.2) is 4.79 Å². The van der Waals surface area contributed by atoms with Gasteiger partial charge in [0.05, 0.1) is 0 Å². The van der Waals surface area contributed by atoms with Crippen LogP contribution < -0.4 is 10.9 Å². The summed E-state index contributed by atoms with van der Waals surface area (Å²) in [6.45, 7) is 1.54. The van der Waals surface area contributed by atoms with E-state index in [1.165, 1.54) is 17.1 Å². The standard InChI is InChI=1S/C15H20N2O4/c1-10-7-8-12(15(20)21)14(19)17(10)9-13(18)16-11-5-3-2-4-6-11/h7-8,11H,2-6,9H2,1H3,(H,16,18)(H,20,21). The number of carbonyl (C=O) groups excluding carboxylic acids is 1. The topological polar surface area (TPSA) is 88.4 Å². The number of hydrogen-bond acceptors (Lipinski definition) is 3. The smallest absolute Gasteiger partial charge is 0.341 e. The van der Waals surface area contributed by atoms with Crippen LogP contribution in [0.1, 0.15) is 48.2 Å². The molecule has 1 aliphatic carbocycles. The SMILES string of the molecule is Cc1ccc(C(=O)O)c(=O)n1CC(=O)NC1CCCCC1. The zero-order valence-corrected chi connectivity index (χ0v) is 12.1. The van der Waals surface area contributed by atoms with E-state index in [4.69, 9.17) is 5.11 Å². The maximum absolute atomic E-state index is 12.1. The van der Waals surface area contributed by atoms with Crippen molar-refractivity contribution in [1.29, 1.82) is 0 Å². The number of pyridine rings is 1. The van der Waals surface area contributed by atoms with Gasteiger partial charge in [-0.1, -0.05) is 19.3 Å². The molecule has 0 radical (unpaired) electrons. The second-order valence-corrected chi connectivity index (χ2v) is 5.49. The molecule has 6 heteroatoms. The molecule has 1 saturated carbocycles. The van der Waals surface area contributed by atoms with Crippen molar-refractivity contribution in [2.45, 2.75) is 51.6 Å². The van der Waals surface area contributed by atoms with Crippen LogP contribution in [0.5, 0.6) is 0 Å². The minimum atomic E-state index is -1.28. The van der Waals surface area contributed by atoms with Gasteiger partial charge in [-0.15, -0.1) is 0 Å². The Morgan fingerprint density at radius 1 is 1.29 bits per heavy atom. The molecule has 0 saturated heterocycles. The number of aromatic nitrogens is 1. The average Bonchev–Trinajstić information content (AvgIpc) is 2.44. The summed E-state index contributed by atoms with van der Waals surface area (Å²) in [7, 11) is 0. The van der Waals surface area contributed by atoms with Gasteiger partial charge in [-0.3, -0.25) is 9.59 Å². The number of carbonyl (C=O) groups is 2. The summed E-state index contributed by atoms with van der Waals surface area (Å²) in [6, 6.07) is 2.98. The predicted octanol–water partition coefficient (Wildman–Crippen LogP) is 1.30. The van der Waals surface area contributed by atoms with Crippen molar-refractivity contribution in [3.8, 4) is 0 Å². The van der Waals surface area contributed by atoms with Crippen molar-refractivity contribution < 1.29 is 14.7 Å².